The lowest BCUT2D eigenvalue weighted by Crippen LogP contribution is -2.65. The first-order chi connectivity index (χ1) is 19.7. The number of aromatic carboxylic acids is 1. The van der Waals surface area contributed by atoms with Crippen molar-refractivity contribution in [3.05, 3.63) is 28.0 Å². The molecule has 0 unspecified atom stereocenters. The molecular formula is C36H54N2O3S. The number of carbonyl (C=O) groups is 2. The van der Waals surface area contributed by atoms with E-state index in [9.17, 15) is 14.7 Å². The largest absolute Gasteiger partial charge is 0.477 e. The Bertz CT molecular complexity index is 1280. The summed E-state index contributed by atoms with van der Waals surface area (Å²) in [6.07, 6.45) is 14.4. The molecule has 0 aliphatic heterocycles. The highest BCUT2D eigenvalue weighted by Crippen LogP contribution is 2.77. The number of likely N-dealkylation sites (N-methyl/N-ethyl adjacent to an activating group) is 1. The molecule has 5 nitrogen and oxygen atoms in total. The summed E-state index contributed by atoms with van der Waals surface area (Å²) in [7, 11) is 4.15. The van der Waals surface area contributed by atoms with Crippen molar-refractivity contribution in [2.75, 3.05) is 27.2 Å². The Kier molecular flexibility index (Phi) is 7.37. The molecule has 5 aliphatic rings. The van der Waals surface area contributed by atoms with Crippen LogP contribution in [0.25, 0.3) is 5.57 Å². The Morgan fingerprint density at radius 3 is 2.38 bits per heavy atom. The Morgan fingerprint density at radius 1 is 0.929 bits per heavy atom. The van der Waals surface area contributed by atoms with Crippen LogP contribution in [0.4, 0.5) is 0 Å². The molecule has 0 radical (unpaired) electrons. The number of rotatable bonds is 6. The van der Waals surface area contributed by atoms with Crippen molar-refractivity contribution in [3.63, 3.8) is 0 Å². The molecule has 1 amide bonds. The molecular weight excluding hydrogens is 540 g/mol. The third kappa shape index (κ3) is 4.16. The van der Waals surface area contributed by atoms with Crippen molar-refractivity contribution in [3.8, 4) is 0 Å². The summed E-state index contributed by atoms with van der Waals surface area (Å²) in [6, 6.07) is 3.82. The highest BCUT2D eigenvalue weighted by molar-refractivity contribution is 7.15. The molecule has 1 aromatic heterocycles. The maximum atomic E-state index is 13.9. The molecule has 1 aromatic rings. The van der Waals surface area contributed by atoms with Gasteiger partial charge in [-0.3, -0.25) is 4.79 Å². The lowest BCUT2D eigenvalue weighted by Gasteiger charge is -2.72. The van der Waals surface area contributed by atoms with E-state index in [0.717, 1.165) is 37.2 Å². The summed E-state index contributed by atoms with van der Waals surface area (Å²) in [5.74, 6) is 1.93. The number of carboxylic acid groups (broad SMARTS) is 1. The van der Waals surface area contributed by atoms with Gasteiger partial charge in [0.05, 0.1) is 5.41 Å². The predicted molar refractivity (Wildman–Crippen MR) is 171 cm³/mol. The van der Waals surface area contributed by atoms with Crippen LogP contribution in [0.1, 0.15) is 113 Å². The first-order valence-corrected chi connectivity index (χ1v) is 17.5. The zero-order valence-corrected chi connectivity index (χ0v) is 28.0. The number of hydrogen-bond donors (Lipinski definition) is 2. The number of allylic oxidation sites excluding steroid dienone is 2. The van der Waals surface area contributed by atoms with Gasteiger partial charge in [0.15, 0.2) is 0 Å². The fraction of sp³-hybridized carbons (Fsp3) is 0.778. The van der Waals surface area contributed by atoms with Gasteiger partial charge in [0.1, 0.15) is 4.88 Å². The van der Waals surface area contributed by atoms with Crippen LogP contribution in [0.2, 0.25) is 0 Å². The molecule has 6 rings (SSSR count). The molecule has 42 heavy (non-hydrogen) atoms. The molecule has 0 aromatic carbocycles. The van der Waals surface area contributed by atoms with Gasteiger partial charge in [-0.05, 0) is 135 Å². The van der Waals surface area contributed by atoms with Crippen LogP contribution < -0.4 is 5.32 Å². The van der Waals surface area contributed by atoms with Gasteiger partial charge in [0, 0.05) is 18.0 Å². The van der Waals surface area contributed by atoms with E-state index in [0.29, 0.717) is 34.5 Å². The van der Waals surface area contributed by atoms with Crippen LogP contribution in [0, 0.1) is 50.7 Å². The molecule has 0 saturated heterocycles. The van der Waals surface area contributed by atoms with Gasteiger partial charge in [0.2, 0.25) is 5.91 Å². The average Bonchev–Trinajstić information content (AvgIpc) is 3.57. The summed E-state index contributed by atoms with van der Waals surface area (Å²) in [5.41, 5.74) is 1.99. The quantitative estimate of drug-likeness (QED) is 0.350. The van der Waals surface area contributed by atoms with Crippen molar-refractivity contribution in [2.45, 2.75) is 98.8 Å². The number of amides is 1. The molecule has 4 fully saturated rings. The van der Waals surface area contributed by atoms with Crippen LogP contribution in [0.3, 0.4) is 0 Å². The molecule has 4 saturated carbocycles. The van der Waals surface area contributed by atoms with Gasteiger partial charge >= 0.3 is 5.97 Å². The average molecular weight is 595 g/mol. The van der Waals surface area contributed by atoms with Gasteiger partial charge < -0.3 is 15.3 Å². The number of nitrogens with one attached hydrogen (secondary N) is 1. The number of hydrogen-bond acceptors (Lipinski definition) is 4. The fourth-order valence-corrected chi connectivity index (χ4v) is 13.2. The van der Waals surface area contributed by atoms with E-state index >= 15 is 0 Å². The molecule has 2 N–H and O–H groups in total. The molecule has 1 heterocycles. The van der Waals surface area contributed by atoms with E-state index in [1.165, 1.54) is 61.9 Å². The smallest absolute Gasteiger partial charge is 0.345 e. The van der Waals surface area contributed by atoms with E-state index in [-0.39, 0.29) is 27.1 Å². The standard InChI is InChI=1S/C36H54N2O3S/c1-32(2)25(26-11-12-27(42-26)30(39)40)14-17-33(3)28(32)15-18-35(5)29(33)13-10-23-24-9-8-16-36(24,20-19-34(23,35)4)31(41)37-21-22-38(6)7/h11-12,14,23-24,28-29H,8-10,13,15-22H2,1-7H3,(H,37,41)(H,39,40)/t23-,24-,28+,29-,33+,34-,35-,36+/m1/s1. The van der Waals surface area contributed by atoms with Crippen LogP contribution >= 0.6 is 11.3 Å². The Labute approximate surface area is 257 Å². The number of thiophene rings is 1. The van der Waals surface area contributed by atoms with Crippen molar-refractivity contribution in [1.82, 2.24) is 10.2 Å². The minimum atomic E-state index is -0.825. The van der Waals surface area contributed by atoms with Crippen molar-refractivity contribution in [1.29, 1.82) is 0 Å². The summed E-state index contributed by atoms with van der Waals surface area (Å²) in [4.78, 5) is 29.2. The zero-order valence-electron chi connectivity index (χ0n) is 27.1. The summed E-state index contributed by atoms with van der Waals surface area (Å²) in [6.45, 7) is 14.4. The Balaban J connectivity index is 1.29. The highest BCUT2D eigenvalue weighted by atomic mass is 32.1. The fourth-order valence-electron chi connectivity index (χ4n) is 12.2. The number of fused-ring (bicyclic) bond motifs is 7. The molecule has 0 bridgehead atoms. The maximum Gasteiger partial charge on any atom is 0.345 e. The second kappa shape index (κ2) is 10.2. The maximum absolute atomic E-state index is 13.9. The normalized spacial score (nSPS) is 42.1. The second-order valence-corrected chi connectivity index (χ2v) is 17.5. The number of carbonyl (C=O) groups excluding carboxylic acids is 1. The van der Waals surface area contributed by atoms with E-state index in [2.05, 4.69) is 65.0 Å². The van der Waals surface area contributed by atoms with Gasteiger partial charge in [-0.15, -0.1) is 11.3 Å². The molecule has 8 atom stereocenters. The molecule has 232 valence electrons. The van der Waals surface area contributed by atoms with E-state index in [1.54, 1.807) is 6.07 Å². The van der Waals surface area contributed by atoms with Gasteiger partial charge in [-0.25, -0.2) is 4.79 Å². The monoisotopic (exact) mass is 594 g/mol. The van der Waals surface area contributed by atoms with Crippen LogP contribution in [-0.4, -0.2) is 49.1 Å². The van der Waals surface area contributed by atoms with Gasteiger partial charge in [-0.1, -0.05) is 47.1 Å². The lowest BCUT2D eigenvalue weighted by molar-refractivity contribution is -0.222. The van der Waals surface area contributed by atoms with Gasteiger partial charge in [-0.2, -0.15) is 0 Å². The summed E-state index contributed by atoms with van der Waals surface area (Å²) >= 11 is 1.44. The summed E-state index contributed by atoms with van der Waals surface area (Å²) in [5, 5.41) is 12.9. The predicted octanol–water partition coefficient (Wildman–Crippen LogP) is 7.97. The zero-order chi connectivity index (χ0) is 30.3. The lowest BCUT2D eigenvalue weighted by atomic mass is 9.32. The van der Waals surface area contributed by atoms with Crippen molar-refractivity contribution < 1.29 is 14.7 Å². The van der Waals surface area contributed by atoms with E-state index in [1.807, 2.05) is 6.07 Å². The minimum Gasteiger partial charge on any atom is -0.477 e. The molecule has 6 heteroatoms. The van der Waals surface area contributed by atoms with E-state index in [4.69, 9.17) is 0 Å². The number of carboxylic acids is 1. The summed E-state index contributed by atoms with van der Waals surface area (Å²) < 4.78 is 0. The van der Waals surface area contributed by atoms with Crippen LogP contribution in [-0.2, 0) is 4.79 Å². The van der Waals surface area contributed by atoms with E-state index < -0.39 is 5.97 Å². The third-order valence-electron chi connectivity index (χ3n) is 14.3. The second-order valence-electron chi connectivity index (χ2n) is 16.4. The van der Waals surface area contributed by atoms with Gasteiger partial charge in [0.25, 0.3) is 0 Å². The highest BCUT2D eigenvalue weighted by Gasteiger charge is 2.70. The first-order valence-electron chi connectivity index (χ1n) is 16.7. The molecule has 5 aliphatic carbocycles. The van der Waals surface area contributed by atoms with Crippen LogP contribution in [0.15, 0.2) is 18.2 Å². The topological polar surface area (TPSA) is 69.6 Å². The minimum absolute atomic E-state index is 0.00449. The van der Waals surface area contributed by atoms with Crippen LogP contribution in [0.5, 0.6) is 0 Å². The van der Waals surface area contributed by atoms with Crippen molar-refractivity contribution >= 4 is 28.8 Å². The SMILES string of the molecule is CN(C)CCNC(=O)[C@]12CCC[C@@H]1[C@H]1CC[C@@H]3[C@@]4(C)CC=C(c5ccc(C(=O)O)s5)C(C)(C)[C@@H]4CC[C@@]3(C)[C@]1(C)CC2. The number of nitrogens with zero attached hydrogens (tertiary/aromatic N) is 1. The molecule has 0 spiro atoms. The van der Waals surface area contributed by atoms with Crippen molar-refractivity contribution in [2.24, 2.45) is 50.7 Å². The first kappa shape index (κ1) is 30.4. The Hall–Kier alpha value is -1.66. The third-order valence-corrected chi connectivity index (χ3v) is 15.4. The Morgan fingerprint density at radius 2 is 1.69 bits per heavy atom.